The molecule has 1 aromatic rings. The van der Waals surface area contributed by atoms with Crippen LogP contribution in [0, 0.1) is 0 Å². The van der Waals surface area contributed by atoms with Crippen molar-refractivity contribution in [3.05, 3.63) is 17.5 Å². The summed E-state index contributed by atoms with van der Waals surface area (Å²) in [7, 11) is 1.95. The Balaban J connectivity index is 2.23. The smallest absolute Gasteiger partial charge is 0.0994 e. The van der Waals surface area contributed by atoms with Crippen molar-refractivity contribution >= 4 is 0 Å². The quantitative estimate of drug-likeness (QED) is 0.769. The van der Waals surface area contributed by atoms with Gasteiger partial charge in [-0.25, -0.2) is 0 Å². The van der Waals surface area contributed by atoms with Crippen LogP contribution in [0.4, 0.5) is 0 Å². The van der Waals surface area contributed by atoms with E-state index in [-0.39, 0.29) is 6.10 Å². The fourth-order valence-corrected chi connectivity index (χ4v) is 2.02. The van der Waals surface area contributed by atoms with Gasteiger partial charge in [0.15, 0.2) is 0 Å². The predicted molar refractivity (Wildman–Crippen MR) is 53.6 cm³/mol. The average Bonchev–Trinajstić information content (AvgIpc) is 2.61. The van der Waals surface area contributed by atoms with Gasteiger partial charge in [-0.05, 0) is 19.3 Å². The van der Waals surface area contributed by atoms with Gasteiger partial charge in [-0.3, -0.25) is 4.68 Å². The molecule has 1 fully saturated rings. The Kier molecular flexibility index (Phi) is 2.84. The topological polar surface area (TPSA) is 53.1 Å². The van der Waals surface area contributed by atoms with Gasteiger partial charge in [0.05, 0.1) is 18.0 Å². The molecule has 78 valence electrons. The van der Waals surface area contributed by atoms with Gasteiger partial charge in [0, 0.05) is 25.8 Å². The van der Waals surface area contributed by atoms with Crippen molar-refractivity contribution in [3.63, 3.8) is 0 Å². The lowest BCUT2D eigenvalue weighted by Crippen LogP contribution is -2.17. The molecular formula is C10H17N3O. The van der Waals surface area contributed by atoms with Crippen LogP contribution in [0.2, 0.25) is 0 Å². The third-order valence-electron chi connectivity index (χ3n) is 2.77. The minimum absolute atomic E-state index is 0.204. The Labute approximate surface area is 84.0 Å². The second-order valence-electron chi connectivity index (χ2n) is 3.74. The van der Waals surface area contributed by atoms with Crippen LogP contribution in [0.1, 0.15) is 36.6 Å². The first-order valence-electron chi connectivity index (χ1n) is 5.15. The third-order valence-corrected chi connectivity index (χ3v) is 2.77. The number of nitrogens with two attached hydrogens (primary N) is 1. The third kappa shape index (κ3) is 1.67. The molecule has 0 amide bonds. The second kappa shape index (κ2) is 4.11. The van der Waals surface area contributed by atoms with Crippen LogP contribution in [0.25, 0.3) is 0 Å². The monoisotopic (exact) mass is 195 g/mol. The first kappa shape index (κ1) is 9.68. The molecule has 0 saturated carbocycles. The zero-order valence-electron chi connectivity index (χ0n) is 8.57. The molecule has 1 atom stereocenters. The van der Waals surface area contributed by atoms with Crippen molar-refractivity contribution in [2.45, 2.75) is 31.9 Å². The van der Waals surface area contributed by atoms with E-state index in [1.54, 1.807) is 0 Å². The van der Waals surface area contributed by atoms with Crippen LogP contribution in [0.5, 0.6) is 0 Å². The summed E-state index contributed by atoms with van der Waals surface area (Å²) in [5, 5.41) is 4.22. The normalized spacial score (nSPS) is 22.6. The molecule has 14 heavy (non-hydrogen) atoms. The fraction of sp³-hybridized carbons (Fsp3) is 0.700. The highest BCUT2D eigenvalue weighted by atomic mass is 16.5. The largest absolute Gasteiger partial charge is 0.372 e. The molecule has 1 aromatic heterocycles. The summed E-state index contributed by atoms with van der Waals surface area (Å²) >= 11 is 0. The lowest BCUT2D eigenvalue weighted by atomic mass is 10.0. The van der Waals surface area contributed by atoms with Crippen LogP contribution in [-0.2, 0) is 18.3 Å². The summed E-state index contributed by atoms with van der Waals surface area (Å²) in [5.41, 5.74) is 7.93. The number of nitrogens with zero attached hydrogens (tertiary/aromatic N) is 2. The van der Waals surface area contributed by atoms with Crippen LogP contribution < -0.4 is 5.73 Å². The molecule has 0 aromatic carbocycles. The van der Waals surface area contributed by atoms with Crippen molar-refractivity contribution in [1.82, 2.24) is 9.78 Å². The number of aromatic nitrogens is 2. The van der Waals surface area contributed by atoms with E-state index >= 15 is 0 Å². The second-order valence-corrected chi connectivity index (χ2v) is 3.74. The summed E-state index contributed by atoms with van der Waals surface area (Å²) in [4.78, 5) is 0. The molecule has 1 aliphatic heterocycles. The molecule has 1 saturated heterocycles. The van der Waals surface area contributed by atoms with E-state index in [0.29, 0.717) is 6.54 Å². The van der Waals surface area contributed by atoms with Gasteiger partial charge in [-0.2, -0.15) is 5.10 Å². The highest BCUT2D eigenvalue weighted by Gasteiger charge is 2.21. The van der Waals surface area contributed by atoms with Crippen molar-refractivity contribution in [1.29, 1.82) is 0 Å². The molecule has 4 nitrogen and oxygen atoms in total. The van der Waals surface area contributed by atoms with Gasteiger partial charge in [-0.1, -0.05) is 0 Å². The van der Waals surface area contributed by atoms with Gasteiger partial charge in [0.25, 0.3) is 0 Å². The maximum Gasteiger partial charge on any atom is 0.0994 e. The van der Waals surface area contributed by atoms with E-state index < -0.39 is 0 Å². The number of rotatable bonds is 2. The van der Waals surface area contributed by atoms with Crippen LogP contribution >= 0.6 is 0 Å². The molecule has 1 unspecified atom stereocenters. The van der Waals surface area contributed by atoms with Crippen molar-refractivity contribution < 1.29 is 4.74 Å². The summed E-state index contributed by atoms with van der Waals surface area (Å²) in [6.07, 6.45) is 5.54. The van der Waals surface area contributed by atoms with E-state index in [4.69, 9.17) is 10.5 Å². The fourth-order valence-electron chi connectivity index (χ4n) is 2.02. The lowest BCUT2D eigenvalue weighted by Gasteiger charge is -2.23. The van der Waals surface area contributed by atoms with Gasteiger partial charge < -0.3 is 10.5 Å². The summed E-state index contributed by atoms with van der Waals surface area (Å²) in [6.45, 7) is 1.41. The van der Waals surface area contributed by atoms with E-state index in [1.807, 2.05) is 17.9 Å². The average molecular weight is 195 g/mol. The minimum atomic E-state index is 0.204. The zero-order valence-corrected chi connectivity index (χ0v) is 8.57. The molecule has 2 rings (SSSR count). The number of ether oxygens (including phenoxy) is 1. The molecule has 1 aliphatic rings. The highest BCUT2D eigenvalue weighted by Crippen LogP contribution is 2.29. The van der Waals surface area contributed by atoms with Gasteiger partial charge in [0.1, 0.15) is 0 Å². The Hall–Kier alpha value is -0.870. The zero-order chi connectivity index (χ0) is 9.97. The minimum Gasteiger partial charge on any atom is -0.372 e. The number of hydrogen-bond acceptors (Lipinski definition) is 3. The molecule has 0 radical (unpaired) electrons. The van der Waals surface area contributed by atoms with Crippen LogP contribution in [0.3, 0.4) is 0 Å². The van der Waals surface area contributed by atoms with Crippen molar-refractivity contribution in [2.24, 2.45) is 12.8 Å². The van der Waals surface area contributed by atoms with Crippen molar-refractivity contribution in [2.75, 3.05) is 6.61 Å². The Morgan fingerprint density at radius 3 is 3.14 bits per heavy atom. The molecule has 2 heterocycles. The molecule has 0 spiro atoms. The van der Waals surface area contributed by atoms with Crippen LogP contribution in [0.15, 0.2) is 6.20 Å². The summed E-state index contributed by atoms with van der Waals surface area (Å²) < 4.78 is 7.62. The highest BCUT2D eigenvalue weighted by molar-refractivity contribution is 5.20. The van der Waals surface area contributed by atoms with Crippen molar-refractivity contribution in [3.8, 4) is 0 Å². The number of aryl methyl sites for hydroxylation is 1. The number of hydrogen-bond donors (Lipinski definition) is 1. The standard InChI is InChI=1S/C10H17N3O/c1-13-10(8(6-11)7-12-13)9-4-2-3-5-14-9/h7,9H,2-6,11H2,1H3. The van der Waals surface area contributed by atoms with E-state index in [9.17, 15) is 0 Å². The SMILES string of the molecule is Cn1ncc(CN)c1C1CCCCO1. The molecule has 0 aliphatic carbocycles. The molecule has 4 heteroatoms. The summed E-state index contributed by atoms with van der Waals surface area (Å²) in [5.74, 6) is 0. The van der Waals surface area contributed by atoms with E-state index in [1.165, 1.54) is 12.8 Å². The molecule has 2 N–H and O–H groups in total. The Bertz CT molecular complexity index is 302. The maximum absolute atomic E-state index is 5.73. The van der Waals surface area contributed by atoms with Gasteiger partial charge in [0.2, 0.25) is 0 Å². The molecule has 0 bridgehead atoms. The lowest BCUT2D eigenvalue weighted by molar-refractivity contribution is 0.00953. The van der Waals surface area contributed by atoms with Gasteiger partial charge >= 0.3 is 0 Å². The summed E-state index contributed by atoms with van der Waals surface area (Å²) in [6, 6.07) is 0. The first-order valence-corrected chi connectivity index (χ1v) is 5.15. The predicted octanol–water partition coefficient (Wildman–Crippen LogP) is 1.12. The van der Waals surface area contributed by atoms with E-state index in [2.05, 4.69) is 5.10 Å². The Morgan fingerprint density at radius 2 is 2.50 bits per heavy atom. The Morgan fingerprint density at radius 1 is 1.64 bits per heavy atom. The molecular weight excluding hydrogens is 178 g/mol. The first-order chi connectivity index (χ1) is 6.83. The van der Waals surface area contributed by atoms with E-state index in [0.717, 1.165) is 24.3 Å². The van der Waals surface area contributed by atoms with Crippen LogP contribution in [-0.4, -0.2) is 16.4 Å². The maximum atomic E-state index is 5.73. The van der Waals surface area contributed by atoms with Gasteiger partial charge in [-0.15, -0.1) is 0 Å².